The zero-order valence-corrected chi connectivity index (χ0v) is 11.8. The van der Waals surface area contributed by atoms with Crippen LogP contribution in [0.5, 0.6) is 0 Å². The number of hydrogen-bond donors (Lipinski definition) is 1. The standard InChI is InChI=1S/C14H14INO/c1-14(17,9-11-3-2-8-16-10-11)12-4-6-13(15)7-5-12/h2-8,10,17H,9H2,1H3. The number of halogens is 1. The third kappa shape index (κ3) is 3.26. The fraction of sp³-hybridized carbons (Fsp3) is 0.214. The number of aromatic nitrogens is 1. The lowest BCUT2D eigenvalue weighted by Gasteiger charge is -2.24. The first kappa shape index (κ1) is 12.5. The summed E-state index contributed by atoms with van der Waals surface area (Å²) in [5, 5.41) is 10.5. The van der Waals surface area contributed by atoms with E-state index in [1.807, 2.05) is 43.3 Å². The molecule has 2 rings (SSSR count). The summed E-state index contributed by atoms with van der Waals surface area (Å²) in [6, 6.07) is 11.8. The van der Waals surface area contributed by atoms with Crippen LogP contribution in [0.2, 0.25) is 0 Å². The Hall–Kier alpha value is -0.940. The molecule has 1 N–H and O–H groups in total. The van der Waals surface area contributed by atoms with Gasteiger partial charge in [0.05, 0.1) is 5.60 Å². The summed E-state index contributed by atoms with van der Waals surface area (Å²) in [6.07, 6.45) is 4.10. The summed E-state index contributed by atoms with van der Waals surface area (Å²) in [6.45, 7) is 1.84. The first-order valence-corrected chi connectivity index (χ1v) is 6.53. The minimum absolute atomic E-state index is 0.571. The van der Waals surface area contributed by atoms with Crippen LogP contribution in [-0.2, 0) is 12.0 Å². The fourth-order valence-electron chi connectivity index (χ4n) is 1.81. The minimum atomic E-state index is -0.854. The molecule has 1 heterocycles. The van der Waals surface area contributed by atoms with Gasteiger partial charge in [0.1, 0.15) is 0 Å². The van der Waals surface area contributed by atoms with Crippen LogP contribution >= 0.6 is 22.6 Å². The zero-order chi connectivity index (χ0) is 12.3. The highest BCUT2D eigenvalue weighted by Crippen LogP contribution is 2.25. The lowest BCUT2D eigenvalue weighted by atomic mass is 9.90. The Labute approximate surface area is 115 Å². The molecule has 0 saturated heterocycles. The van der Waals surface area contributed by atoms with Crippen LogP contribution in [0, 0.1) is 3.57 Å². The summed E-state index contributed by atoms with van der Waals surface area (Å²) in [5.41, 5.74) is 1.12. The first-order valence-electron chi connectivity index (χ1n) is 5.45. The van der Waals surface area contributed by atoms with Gasteiger partial charge in [0, 0.05) is 22.4 Å². The van der Waals surface area contributed by atoms with Crippen LogP contribution in [0.4, 0.5) is 0 Å². The molecule has 0 saturated carbocycles. The van der Waals surface area contributed by atoms with Gasteiger partial charge in [0.25, 0.3) is 0 Å². The highest BCUT2D eigenvalue weighted by Gasteiger charge is 2.23. The van der Waals surface area contributed by atoms with Crippen molar-refractivity contribution in [3.8, 4) is 0 Å². The van der Waals surface area contributed by atoms with Gasteiger partial charge in [0.15, 0.2) is 0 Å². The monoisotopic (exact) mass is 339 g/mol. The Kier molecular flexibility index (Phi) is 3.79. The van der Waals surface area contributed by atoms with Crippen LogP contribution in [0.3, 0.4) is 0 Å². The lowest BCUT2D eigenvalue weighted by Crippen LogP contribution is -2.24. The Balaban J connectivity index is 2.21. The van der Waals surface area contributed by atoms with Crippen molar-refractivity contribution in [3.63, 3.8) is 0 Å². The second-order valence-electron chi connectivity index (χ2n) is 4.32. The smallest absolute Gasteiger partial charge is 0.0909 e. The molecule has 0 aliphatic rings. The third-order valence-corrected chi connectivity index (χ3v) is 3.46. The molecule has 0 aliphatic carbocycles. The molecule has 3 heteroatoms. The molecule has 0 bridgehead atoms. The van der Waals surface area contributed by atoms with Crippen molar-refractivity contribution < 1.29 is 5.11 Å². The topological polar surface area (TPSA) is 33.1 Å². The van der Waals surface area contributed by atoms with Crippen molar-refractivity contribution in [1.29, 1.82) is 0 Å². The largest absolute Gasteiger partial charge is 0.385 e. The Morgan fingerprint density at radius 1 is 1.24 bits per heavy atom. The average Bonchev–Trinajstić information content (AvgIpc) is 2.30. The fourth-order valence-corrected chi connectivity index (χ4v) is 2.17. The van der Waals surface area contributed by atoms with Crippen molar-refractivity contribution in [2.75, 3.05) is 0 Å². The van der Waals surface area contributed by atoms with Gasteiger partial charge in [-0.3, -0.25) is 4.98 Å². The molecule has 0 spiro atoms. The highest BCUT2D eigenvalue weighted by molar-refractivity contribution is 14.1. The van der Waals surface area contributed by atoms with Gasteiger partial charge in [-0.05, 0) is 58.8 Å². The third-order valence-electron chi connectivity index (χ3n) is 2.74. The molecule has 2 nitrogen and oxygen atoms in total. The predicted molar refractivity (Wildman–Crippen MR) is 76.7 cm³/mol. The number of pyridine rings is 1. The van der Waals surface area contributed by atoms with E-state index in [-0.39, 0.29) is 0 Å². The van der Waals surface area contributed by atoms with E-state index in [1.54, 1.807) is 12.4 Å². The molecule has 0 amide bonds. The number of rotatable bonds is 3. The molecule has 1 aromatic heterocycles. The average molecular weight is 339 g/mol. The van der Waals surface area contributed by atoms with Gasteiger partial charge < -0.3 is 5.11 Å². The van der Waals surface area contributed by atoms with Gasteiger partial charge in [0.2, 0.25) is 0 Å². The molecule has 2 aromatic rings. The van der Waals surface area contributed by atoms with E-state index in [9.17, 15) is 5.11 Å². The second-order valence-corrected chi connectivity index (χ2v) is 5.56. The van der Waals surface area contributed by atoms with Crippen LogP contribution in [0.25, 0.3) is 0 Å². The normalized spacial score (nSPS) is 14.3. The number of nitrogens with zero attached hydrogens (tertiary/aromatic N) is 1. The van der Waals surface area contributed by atoms with Gasteiger partial charge in [-0.1, -0.05) is 18.2 Å². The van der Waals surface area contributed by atoms with Crippen molar-refractivity contribution in [1.82, 2.24) is 4.98 Å². The SMILES string of the molecule is CC(O)(Cc1cccnc1)c1ccc(I)cc1. The minimum Gasteiger partial charge on any atom is -0.385 e. The summed E-state index contributed by atoms with van der Waals surface area (Å²) >= 11 is 2.26. The molecule has 0 fully saturated rings. The maximum atomic E-state index is 10.5. The van der Waals surface area contributed by atoms with Crippen LogP contribution < -0.4 is 0 Å². The zero-order valence-electron chi connectivity index (χ0n) is 9.60. The summed E-state index contributed by atoms with van der Waals surface area (Å²) < 4.78 is 1.17. The molecule has 17 heavy (non-hydrogen) atoms. The first-order chi connectivity index (χ1) is 8.08. The van der Waals surface area contributed by atoms with E-state index in [1.165, 1.54) is 3.57 Å². The Bertz CT molecular complexity index is 479. The van der Waals surface area contributed by atoms with E-state index < -0.39 is 5.60 Å². The summed E-state index contributed by atoms with van der Waals surface area (Å²) in [4.78, 5) is 4.06. The van der Waals surface area contributed by atoms with Crippen molar-refractivity contribution in [2.24, 2.45) is 0 Å². The highest BCUT2D eigenvalue weighted by atomic mass is 127. The molecule has 1 aromatic carbocycles. The second kappa shape index (κ2) is 5.14. The van der Waals surface area contributed by atoms with Gasteiger partial charge in [-0.25, -0.2) is 0 Å². The van der Waals surface area contributed by atoms with E-state index in [0.717, 1.165) is 11.1 Å². The number of benzene rings is 1. The van der Waals surface area contributed by atoms with Crippen LogP contribution in [0.15, 0.2) is 48.8 Å². The van der Waals surface area contributed by atoms with Gasteiger partial charge in [-0.2, -0.15) is 0 Å². The van der Waals surface area contributed by atoms with E-state index >= 15 is 0 Å². The van der Waals surface area contributed by atoms with Crippen LogP contribution in [-0.4, -0.2) is 10.1 Å². The molecular formula is C14H14INO. The molecule has 0 aliphatic heterocycles. The predicted octanol–water partition coefficient (Wildman–Crippen LogP) is 3.14. The Morgan fingerprint density at radius 3 is 2.53 bits per heavy atom. The van der Waals surface area contributed by atoms with E-state index in [4.69, 9.17) is 0 Å². The number of hydrogen-bond acceptors (Lipinski definition) is 2. The van der Waals surface area contributed by atoms with Crippen molar-refractivity contribution in [3.05, 3.63) is 63.5 Å². The maximum absolute atomic E-state index is 10.5. The Morgan fingerprint density at radius 2 is 1.94 bits per heavy atom. The molecular weight excluding hydrogens is 325 g/mol. The van der Waals surface area contributed by atoms with Crippen molar-refractivity contribution in [2.45, 2.75) is 18.9 Å². The maximum Gasteiger partial charge on any atom is 0.0909 e. The summed E-state index contributed by atoms with van der Waals surface area (Å²) in [5.74, 6) is 0. The molecule has 1 unspecified atom stereocenters. The van der Waals surface area contributed by atoms with E-state index in [0.29, 0.717) is 6.42 Å². The number of aliphatic hydroxyl groups is 1. The van der Waals surface area contributed by atoms with Crippen molar-refractivity contribution >= 4 is 22.6 Å². The van der Waals surface area contributed by atoms with Gasteiger partial charge >= 0.3 is 0 Å². The molecule has 88 valence electrons. The van der Waals surface area contributed by atoms with Crippen LogP contribution in [0.1, 0.15) is 18.1 Å². The summed E-state index contributed by atoms with van der Waals surface area (Å²) in [7, 11) is 0. The van der Waals surface area contributed by atoms with Gasteiger partial charge in [-0.15, -0.1) is 0 Å². The molecule has 1 atom stereocenters. The van der Waals surface area contributed by atoms with E-state index in [2.05, 4.69) is 27.6 Å². The quantitative estimate of drug-likeness (QED) is 0.872. The lowest BCUT2D eigenvalue weighted by molar-refractivity contribution is 0.0575. The molecule has 0 radical (unpaired) electrons.